The van der Waals surface area contributed by atoms with Crippen molar-refractivity contribution < 1.29 is 9.18 Å². The molecule has 0 saturated carbocycles. The van der Waals surface area contributed by atoms with E-state index in [2.05, 4.69) is 15.9 Å². The highest BCUT2D eigenvalue weighted by molar-refractivity contribution is 9.10. The number of para-hydroxylation sites is 1. The fourth-order valence-electron chi connectivity index (χ4n) is 4.01. The van der Waals surface area contributed by atoms with Crippen LogP contribution in [-0.4, -0.2) is 10.5 Å². The summed E-state index contributed by atoms with van der Waals surface area (Å²) in [6.07, 6.45) is 2.11. The maximum absolute atomic E-state index is 15.9. The lowest BCUT2D eigenvalue weighted by Gasteiger charge is -2.24. The highest BCUT2D eigenvalue weighted by Gasteiger charge is 2.30. The Morgan fingerprint density at radius 1 is 1.00 bits per heavy atom. The molecule has 2 N–H and O–H groups in total. The number of carbonyl (C=O) groups is 1. The van der Waals surface area contributed by atoms with Crippen LogP contribution in [-0.2, 0) is 17.8 Å². The van der Waals surface area contributed by atoms with Crippen LogP contribution in [0.1, 0.15) is 25.0 Å². The lowest BCUT2D eigenvalue weighted by Crippen LogP contribution is -2.35. The molecule has 33 heavy (non-hydrogen) atoms. The monoisotopic (exact) mass is 504 g/mol. The van der Waals surface area contributed by atoms with Gasteiger partial charge in [-0.05, 0) is 55.7 Å². The number of rotatable bonds is 7. The maximum atomic E-state index is 15.9. The number of primary amides is 1. The summed E-state index contributed by atoms with van der Waals surface area (Å²) in [4.78, 5) is 12.2. The Balaban J connectivity index is 1.95. The van der Waals surface area contributed by atoms with Crippen molar-refractivity contribution in [1.82, 2.24) is 4.57 Å². The van der Waals surface area contributed by atoms with Crippen LogP contribution < -0.4 is 5.73 Å². The van der Waals surface area contributed by atoms with E-state index >= 15 is 4.39 Å². The molecular weight excluding hydrogens is 479 g/mol. The molecule has 3 nitrogen and oxygen atoms in total. The van der Waals surface area contributed by atoms with Crippen LogP contribution in [0, 0.1) is 5.41 Å². The van der Waals surface area contributed by atoms with Gasteiger partial charge >= 0.3 is 0 Å². The van der Waals surface area contributed by atoms with Gasteiger partial charge in [0.2, 0.25) is 5.91 Å². The van der Waals surface area contributed by atoms with Gasteiger partial charge < -0.3 is 10.3 Å². The van der Waals surface area contributed by atoms with Gasteiger partial charge in [-0.1, -0.05) is 76.6 Å². The molecule has 0 aliphatic heterocycles. The third kappa shape index (κ3) is 4.79. The fourth-order valence-corrected chi connectivity index (χ4v) is 4.28. The van der Waals surface area contributed by atoms with Gasteiger partial charge in [0.05, 0.1) is 11.1 Å². The summed E-state index contributed by atoms with van der Waals surface area (Å²) in [5.41, 5.74) is 8.93. The predicted octanol–water partition coefficient (Wildman–Crippen LogP) is 7.14. The fraction of sp³-hybridized carbons (Fsp3) is 0.179. The van der Waals surface area contributed by atoms with Crippen molar-refractivity contribution in [2.75, 3.05) is 0 Å². The van der Waals surface area contributed by atoms with E-state index in [1.165, 1.54) is 0 Å². The van der Waals surface area contributed by atoms with E-state index < -0.39 is 11.3 Å². The van der Waals surface area contributed by atoms with E-state index in [4.69, 9.17) is 5.73 Å². The summed E-state index contributed by atoms with van der Waals surface area (Å²) in [6, 6.07) is 25.3. The standard InChI is InChI=1S/C28H26BrFN2O/c1-28(2,27(31)33)18-32-24-11-7-6-10-22(24)25(26(32)20-13-15-21(29)16-14-20)23(30)17-12-19-8-4-3-5-9-19/h3-11,13-17H,12,18H2,1-2H3,(H2,31,33)/b23-17-. The summed E-state index contributed by atoms with van der Waals surface area (Å²) >= 11 is 3.48. The lowest BCUT2D eigenvalue weighted by molar-refractivity contribution is -0.126. The predicted molar refractivity (Wildman–Crippen MR) is 137 cm³/mol. The van der Waals surface area contributed by atoms with Crippen molar-refractivity contribution in [1.29, 1.82) is 0 Å². The Labute approximate surface area is 201 Å². The maximum Gasteiger partial charge on any atom is 0.224 e. The molecule has 1 heterocycles. The topological polar surface area (TPSA) is 48.0 Å². The molecule has 5 heteroatoms. The first kappa shape index (κ1) is 23.0. The molecule has 4 aromatic rings. The third-order valence-electron chi connectivity index (χ3n) is 5.91. The van der Waals surface area contributed by atoms with E-state index in [1.54, 1.807) is 6.08 Å². The van der Waals surface area contributed by atoms with Crippen molar-refractivity contribution in [2.24, 2.45) is 11.1 Å². The molecule has 0 aliphatic carbocycles. The summed E-state index contributed by atoms with van der Waals surface area (Å²) < 4.78 is 18.9. The molecule has 168 valence electrons. The SMILES string of the molecule is CC(C)(Cn1c(-c2ccc(Br)cc2)c(/C(F)=C/Cc2ccccc2)c2ccccc21)C(N)=O. The third-order valence-corrected chi connectivity index (χ3v) is 6.44. The number of amides is 1. The summed E-state index contributed by atoms with van der Waals surface area (Å²) in [7, 11) is 0. The van der Waals surface area contributed by atoms with E-state index in [0.29, 0.717) is 18.5 Å². The normalized spacial score (nSPS) is 12.3. The summed E-state index contributed by atoms with van der Waals surface area (Å²) in [5.74, 6) is -0.688. The van der Waals surface area contributed by atoms with Crippen LogP contribution in [0.4, 0.5) is 4.39 Å². The van der Waals surface area contributed by atoms with Crippen molar-refractivity contribution in [3.05, 3.63) is 101 Å². The number of allylic oxidation sites excluding steroid dienone is 1. The largest absolute Gasteiger partial charge is 0.369 e. The zero-order valence-electron chi connectivity index (χ0n) is 18.7. The van der Waals surface area contributed by atoms with E-state index in [-0.39, 0.29) is 5.83 Å². The van der Waals surface area contributed by atoms with E-state index in [0.717, 1.165) is 32.2 Å². The molecular formula is C28H26BrFN2O. The van der Waals surface area contributed by atoms with Gasteiger partial charge in [0.25, 0.3) is 0 Å². The smallest absolute Gasteiger partial charge is 0.224 e. The average molecular weight is 505 g/mol. The van der Waals surface area contributed by atoms with Crippen LogP contribution in [0.5, 0.6) is 0 Å². The summed E-state index contributed by atoms with van der Waals surface area (Å²) in [6.45, 7) is 3.97. The molecule has 0 fully saturated rings. The molecule has 0 spiro atoms. The molecule has 0 atom stereocenters. The highest BCUT2D eigenvalue weighted by atomic mass is 79.9. The molecule has 0 unspecified atom stereocenters. The number of hydrogen-bond donors (Lipinski definition) is 1. The molecule has 0 radical (unpaired) electrons. The number of fused-ring (bicyclic) bond motifs is 1. The number of nitrogens with zero attached hydrogens (tertiary/aromatic N) is 1. The number of nitrogens with two attached hydrogens (primary N) is 1. The van der Waals surface area contributed by atoms with Gasteiger partial charge in [-0.15, -0.1) is 0 Å². The second-order valence-corrected chi connectivity index (χ2v) is 9.74. The van der Waals surface area contributed by atoms with Crippen molar-refractivity contribution >= 4 is 38.6 Å². The summed E-state index contributed by atoms with van der Waals surface area (Å²) in [5, 5.41) is 0.803. The van der Waals surface area contributed by atoms with Gasteiger partial charge in [0.1, 0.15) is 5.83 Å². The Kier molecular flexibility index (Phi) is 6.52. The van der Waals surface area contributed by atoms with Crippen LogP contribution >= 0.6 is 15.9 Å². The first-order valence-electron chi connectivity index (χ1n) is 10.8. The van der Waals surface area contributed by atoms with Gasteiger partial charge in [-0.3, -0.25) is 4.79 Å². The Morgan fingerprint density at radius 2 is 1.64 bits per heavy atom. The van der Waals surface area contributed by atoms with Gasteiger partial charge in [0.15, 0.2) is 0 Å². The van der Waals surface area contributed by atoms with E-state index in [1.807, 2.05) is 97.3 Å². The number of carbonyl (C=O) groups excluding carboxylic acids is 1. The number of halogens is 2. The molecule has 0 saturated heterocycles. The molecule has 0 bridgehead atoms. The van der Waals surface area contributed by atoms with Crippen molar-refractivity contribution in [2.45, 2.75) is 26.8 Å². The first-order chi connectivity index (χ1) is 15.8. The highest BCUT2D eigenvalue weighted by Crippen LogP contribution is 2.40. The Hall–Kier alpha value is -3.18. The first-order valence-corrected chi connectivity index (χ1v) is 11.6. The van der Waals surface area contributed by atoms with Crippen LogP contribution in [0.25, 0.3) is 28.0 Å². The van der Waals surface area contributed by atoms with Crippen molar-refractivity contribution in [3.8, 4) is 11.3 Å². The molecule has 4 rings (SSSR count). The quantitative estimate of drug-likeness (QED) is 0.285. The van der Waals surface area contributed by atoms with Gasteiger partial charge in [0, 0.05) is 27.5 Å². The minimum Gasteiger partial charge on any atom is -0.369 e. The molecule has 1 amide bonds. The Bertz CT molecular complexity index is 1320. The molecule has 0 aliphatic rings. The van der Waals surface area contributed by atoms with Crippen molar-refractivity contribution in [3.63, 3.8) is 0 Å². The van der Waals surface area contributed by atoms with Crippen LogP contribution in [0.2, 0.25) is 0 Å². The second-order valence-electron chi connectivity index (χ2n) is 8.82. The van der Waals surface area contributed by atoms with Gasteiger partial charge in [-0.25, -0.2) is 4.39 Å². The lowest BCUT2D eigenvalue weighted by atomic mass is 9.92. The minimum atomic E-state index is -0.812. The van der Waals surface area contributed by atoms with Crippen LogP contribution in [0.3, 0.4) is 0 Å². The number of benzene rings is 3. The second kappa shape index (κ2) is 9.36. The molecule has 1 aromatic heterocycles. The number of hydrogen-bond acceptors (Lipinski definition) is 1. The minimum absolute atomic E-state index is 0.288. The van der Waals surface area contributed by atoms with Crippen LogP contribution in [0.15, 0.2) is 89.4 Å². The zero-order valence-corrected chi connectivity index (χ0v) is 20.3. The Morgan fingerprint density at radius 3 is 2.30 bits per heavy atom. The van der Waals surface area contributed by atoms with E-state index in [9.17, 15) is 4.79 Å². The average Bonchev–Trinajstić information content (AvgIpc) is 3.12. The van der Waals surface area contributed by atoms with Gasteiger partial charge in [-0.2, -0.15) is 0 Å². The number of aromatic nitrogens is 1. The zero-order chi connectivity index (χ0) is 23.6. The molecule has 3 aromatic carbocycles.